The maximum absolute atomic E-state index is 6.30. The number of hydrogen-bond donors (Lipinski definition) is 0. The number of halogens is 2. The largest absolute Gasteiger partial charge is 0.461 e. The average Bonchev–Trinajstić information content (AvgIpc) is 3.40. The fourth-order valence-corrected chi connectivity index (χ4v) is 4.05. The van der Waals surface area contributed by atoms with E-state index in [1.54, 1.807) is 12.3 Å². The Balaban J connectivity index is 1.30. The van der Waals surface area contributed by atoms with Gasteiger partial charge in [0.2, 0.25) is 0 Å². The maximum atomic E-state index is 6.30. The zero-order valence-corrected chi connectivity index (χ0v) is 17.0. The fourth-order valence-electron chi connectivity index (χ4n) is 3.55. The Labute approximate surface area is 177 Å². The van der Waals surface area contributed by atoms with Crippen molar-refractivity contribution in [3.05, 3.63) is 82.0 Å². The lowest BCUT2D eigenvalue weighted by Gasteiger charge is -2.27. The topological polar surface area (TPSA) is 55.3 Å². The van der Waals surface area contributed by atoms with Crippen LogP contribution >= 0.6 is 23.2 Å². The first-order chi connectivity index (χ1) is 14.2. The van der Waals surface area contributed by atoms with Gasteiger partial charge in [-0.05, 0) is 42.5 Å². The van der Waals surface area contributed by atoms with Crippen LogP contribution in [0.1, 0.15) is 17.0 Å². The maximum Gasteiger partial charge on any atom is 0.195 e. The summed E-state index contributed by atoms with van der Waals surface area (Å²) in [5, 5.41) is 1.18. The van der Waals surface area contributed by atoms with E-state index in [0.717, 1.165) is 47.9 Å². The second-order valence-corrected chi connectivity index (χ2v) is 7.84. The van der Waals surface area contributed by atoms with Crippen LogP contribution in [0.4, 0.5) is 0 Å². The van der Waals surface area contributed by atoms with Gasteiger partial charge in [-0.15, -0.1) is 0 Å². The van der Waals surface area contributed by atoms with Gasteiger partial charge in [0, 0.05) is 41.9 Å². The van der Waals surface area contributed by atoms with Gasteiger partial charge in [-0.3, -0.25) is 4.90 Å². The summed E-state index contributed by atoms with van der Waals surface area (Å²) < 4.78 is 11.4. The van der Waals surface area contributed by atoms with Crippen molar-refractivity contribution < 1.29 is 8.83 Å². The molecule has 0 aliphatic carbocycles. The summed E-state index contributed by atoms with van der Waals surface area (Å²) in [7, 11) is 0. The molecule has 0 amide bonds. The van der Waals surface area contributed by atoms with Crippen LogP contribution < -0.4 is 0 Å². The minimum atomic E-state index is 0.579. The minimum Gasteiger partial charge on any atom is -0.461 e. The number of nitrogens with zero attached hydrogens (tertiary/aromatic N) is 3. The average molecular weight is 426 g/mol. The number of benzene rings is 1. The van der Waals surface area contributed by atoms with Crippen LogP contribution in [0.3, 0.4) is 0 Å². The third kappa shape index (κ3) is 3.81. The van der Waals surface area contributed by atoms with E-state index in [1.165, 1.54) is 0 Å². The molecular weight excluding hydrogens is 409 g/mol. The highest BCUT2D eigenvalue weighted by Gasteiger charge is 2.20. The van der Waals surface area contributed by atoms with Gasteiger partial charge in [0.25, 0.3) is 0 Å². The van der Waals surface area contributed by atoms with Gasteiger partial charge in [0.05, 0.1) is 23.5 Å². The fraction of sp³-hybridized carbons (Fsp3) is 0.182. The number of rotatable bonds is 4. The molecule has 0 bridgehead atoms. The summed E-state index contributed by atoms with van der Waals surface area (Å²) in [6.07, 6.45) is 4.39. The van der Waals surface area contributed by atoms with Crippen LogP contribution in [0.5, 0.6) is 0 Å². The third-order valence-electron chi connectivity index (χ3n) is 4.99. The second-order valence-electron chi connectivity index (χ2n) is 6.99. The third-order valence-corrected chi connectivity index (χ3v) is 5.54. The van der Waals surface area contributed by atoms with Gasteiger partial charge in [0.15, 0.2) is 11.6 Å². The van der Waals surface area contributed by atoms with E-state index in [0.29, 0.717) is 28.2 Å². The van der Waals surface area contributed by atoms with Crippen molar-refractivity contribution >= 4 is 23.2 Å². The van der Waals surface area contributed by atoms with Crippen molar-refractivity contribution in [2.45, 2.75) is 19.5 Å². The van der Waals surface area contributed by atoms with E-state index in [1.807, 2.05) is 42.6 Å². The first kappa shape index (κ1) is 18.4. The van der Waals surface area contributed by atoms with Crippen LogP contribution in [-0.2, 0) is 19.5 Å². The Bertz CT molecular complexity index is 1150. The lowest BCUT2D eigenvalue weighted by Crippen LogP contribution is -2.30. The Hall–Kier alpha value is -2.60. The van der Waals surface area contributed by atoms with Crippen LogP contribution in [0.25, 0.3) is 22.9 Å². The highest BCUT2D eigenvalue weighted by Crippen LogP contribution is 2.32. The summed E-state index contributed by atoms with van der Waals surface area (Å²) in [5.74, 6) is 2.96. The van der Waals surface area contributed by atoms with Gasteiger partial charge in [-0.1, -0.05) is 23.2 Å². The number of aromatic nitrogens is 2. The van der Waals surface area contributed by atoms with Crippen molar-refractivity contribution in [2.75, 3.05) is 6.54 Å². The van der Waals surface area contributed by atoms with Crippen LogP contribution in [0, 0.1) is 0 Å². The van der Waals surface area contributed by atoms with E-state index in [4.69, 9.17) is 32.0 Å². The molecule has 5 rings (SSSR count). The highest BCUT2D eigenvalue weighted by molar-refractivity contribution is 6.36. The molecule has 0 saturated heterocycles. The Kier molecular flexibility index (Phi) is 4.87. The molecule has 29 heavy (non-hydrogen) atoms. The van der Waals surface area contributed by atoms with Gasteiger partial charge < -0.3 is 8.83 Å². The Morgan fingerprint density at radius 1 is 1.07 bits per heavy atom. The summed E-state index contributed by atoms with van der Waals surface area (Å²) in [6, 6.07) is 13.1. The van der Waals surface area contributed by atoms with Crippen molar-refractivity contribution in [1.82, 2.24) is 14.9 Å². The minimum absolute atomic E-state index is 0.579. The molecule has 3 aromatic heterocycles. The predicted molar refractivity (Wildman–Crippen MR) is 112 cm³/mol. The molecule has 0 spiro atoms. The summed E-state index contributed by atoms with van der Waals surface area (Å²) in [4.78, 5) is 11.5. The molecule has 0 N–H and O–H groups in total. The first-order valence-electron chi connectivity index (χ1n) is 9.31. The van der Waals surface area contributed by atoms with Gasteiger partial charge in [-0.25, -0.2) is 9.97 Å². The standard InChI is InChI=1S/C22H17Cl2N3O2/c23-15-3-5-17(18(24)10-15)20-6-4-16(29-20)13-27-8-7-19-14(12-27)11-25-22(26-19)21-2-1-9-28-21/h1-6,9-11H,7-8,12-13H2. The highest BCUT2D eigenvalue weighted by atomic mass is 35.5. The molecule has 0 fully saturated rings. The van der Waals surface area contributed by atoms with Crippen molar-refractivity contribution in [3.8, 4) is 22.9 Å². The van der Waals surface area contributed by atoms with Crippen LogP contribution in [0.15, 0.2) is 63.8 Å². The van der Waals surface area contributed by atoms with E-state index >= 15 is 0 Å². The van der Waals surface area contributed by atoms with Crippen molar-refractivity contribution in [3.63, 3.8) is 0 Å². The monoisotopic (exact) mass is 425 g/mol. The summed E-state index contributed by atoms with van der Waals surface area (Å²) in [5.41, 5.74) is 3.06. The van der Waals surface area contributed by atoms with Gasteiger partial charge >= 0.3 is 0 Å². The molecule has 1 aliphatic heterocycles. The molecule has 5 nitrogen and oxygen atoms in total. The van der Waals surface area contributed by atoms with Crippen LogP contribution in [-0.4, -0.2) is 21.4 Å². The molecule has 0 atom stereocenters. The zero-order chi connectivity index (χ0) is 19.8. The molecule has 146 valence electrons. The number of hydrogen-bond acceptors (Lipinski definition) is 5. The zero-order valence-electron chi connectivity index (χ0n) is 15.4. The lowest BCUT2D eigenvalue weighted by molar-refractivity contribution is 0.224. The molecule has 4 aromatic rings. The molecule has 0 unspecified atom stereocenters. The number of furan rings is 2. The molecule has 7 heteroatoms. The summed E-state index contributed by atoms with van der Waals surface area (Å²) in [6.45, 7) is 2.40. The SMILES string of the molecule is Clc1ccc(-c2ccc(CN3CCc4nc(-c5ccco5)ncc4C3)o2)c(Cl)c1. The van der Waals surface area contributed by atoms with Crippen LogP contribution in [0.2, 0.25) is 10.0 Å². The molecule has 0 saturated carbocycles. The van der Waals surface area contributed by atoms with E-state index in [-0.39, 0.29) is 0 Å². The lowest BCUT2D eigenvalue weighted by atomic mass is 10.1. The number of fused-ring (bicyclic) bond motifs is 1. The molecule has 1 aliphatic rings. The quantitative estimate of drug-likeness (QED) is 0.409. The normalized spacial score (nSPS) is 14.1. The van der Waals surface area contributed by atoms with Crippen molar-refractivity contribution in [1.29, 1.82) is 0 Å². The van der Waals surface area contributed by atoms with Gasteiger partial charge in [0.1, 0.15) is 11.5 Å². The summed E-state index contributed by atoms with van der Waals surface area (Å²) >= 11 is 12.3. The Morgan fingerprint density at radius 3 is 2.83 bits per heavy atom. The van der Waals surface area contributed by atoms with E-state index < -0.39 is 0 Å². The molecular formula is C22H17Cl2N3O2. The molecule has 0 radical (unpaired) electrons. The smallest absolute Gasteiger partial charge is 0.195 e. The van der Waals surface area contributed by atoms with E-state index in [9.17, 15) is 0 Å². The van der Waals surface area contributed by atoms with Crippen molar-refractivity contribution in [2.24, 2.45) is 0 Å². The Morgan fingerprint density at radius 2 is 2.00 bits per heavy atom. The second kappa shape index (κ2) is 7.67. The van der Waals surface area contributed by atoms with E-state index in [2.05, 4.69) is 14.9 Å². The predicted octanol–water partition coefficient (Wildman–Crippen LogP) is 5.86. The first-order valence-corrected chi connectivity index (χ1v) is 10.1. The molecule has 4 heterocycles. The van der Waals surface area contributed by atoms with Gasteiger partial charge in [-0.2, -0.15) is 0 Å². The molecule has 1 aromatic carbocycles.